The van der Waals surface area contributed by atoms with Gasteiger partial charge in [0.25, 0.3) is 0 Å². The summed E-state index contributed by atoms with van der Waals surface area (Å²) in [6.45, 7) is 0.780. The lowest BCUT2D eigenvalue weighted by atomic mass is 9.97. The van der Waals surface area contributed by atoms with Gasteiger partial charge in [0, 0.05) is 36.9 Å². The highest BCUT2D eigenvalue weighted by molar-refractivity contribution is 9.11. The normalized spacial score (nSPS) is 23.2. The molecule has 2 atom stereocenters. The first-order valence-corrected chi connectivity index (χ1v) is 17.7. The maximum atomic E-state index is 14.0. The van der Waals surface area contributed by atoms with Crippen LogP contribution < -0.4 is 5.48 Å². The number of fused-ring (bicyclic) bond motifs is 3. The molecule has 1 aliphatic carbocycles. The molecule has 3 aromatic rings. The number of sulfone groups is 1. The molecule has 43 heavy (non-hydrogen) atoms. The van der Waals surface area contributed by atoms with Crippen molar-refractivity contribution in [1.29, 1.82) is 0 Å². The van der Waals surface area contributed by atoms with Gasteiger partial charge in [-0.25, -0.2) is 23.5 Å². The van der Waals surface area contributed by atoms with Crippen molar-refractivity contribution >= 4 is 49.1 Å². The number of hydroxylamine groups is 1. The monoisotopic (exact) mass is 688 g/mol. The predicted octanol–water partition coefficient (Wildman–Crippen LogP) is 5.74. The highest BCUT2D eigenvalue weighted by atomic mass is 79.9. The van der Waals surface area contributed by atoms with Gasteiger partial charge in [-0.15, -0.1) is 11.3 Å². The molecule has 6 rings (SSSR count). The van der Waals surface area contributed by atoms with E-state index in [1.54, 1.807) is 12.1 Å². The van der Waals surface area contributed by atoms with Crippen molar-refractivity contribution < 1.29 is 32.3 Å². The van der Waals surface area contributed by atoms with Crippen LogP contribution in [0.4, 0.5) is 4.79 Å². The van der Waals surface area contributed by atoms with Crippen LogP contribution in [0, 0.1) is 0 Å². The quantitative estimate of drug-likeness (QED) is 0.315. The number of thiophene rings is 1. The lowest BCUT2D eigenvalue weighted by Gasteiger charge is -2.31. The average molecular weight is 690 g/mol. The fourth-order valence-electron chi connectivity index (χ4n) is 6.23. The Bertz CT molecular complexity index is 1560. The van der Waals surface area contributed by atoms with Gasteiger partial charge in [0.2, 0.25) is 5.91 Å². The van der Waals surface area contributed by atoms with Gasteiger partial charge >= 0.3 is 6.09 Å². The van der Waals surface area contributed by atoms with Crippen LogP contribution in [0.25, 0.3) is 11.1 Å². The second kappa shape index (κ2) is 12.7. The van der Waals surface area contributed by atoms with E-state index in [2.05, 4.69) is 45.7 Å². The minimum atomic E-state index is -3.88. The minimum absolute atomic E-state index is 0.0265. The van der Waals surface area contributed by atoms with Crippen LogP contribution in [-0.2, 0) is 33.7 Å². The van der Waals surface area contributed by atoms with Crippen LogP contribution in [0.1, 0.15) is 54.0 Å². The lowest BCUT2D eigenvalue weighted by molar-refractivity contribution is -0.200. The number of carbonyl (C=O) groups excluding carboxylic acids is 2. The number of carbonyl (C=O) groups is 2. The molecular formula is C31H33BrN2O7S2. The van der Waals surface area contributed by atoms with E-state index in [4.69, 9.17) is 14.3 Å². The standard InChI is InChI=1S/C31H33BrN2O7S2/c32-27-13-12-26(42-27)31(19-28(35)33-41-29-11-5-6-17-39-29)14-15-34(16-18-43(31,37)38)30(36)40-20-25-23-9-3-1-7-21(23)22-8-2-4-10-24(22)25/h1-4,7-10,12-13,25,29H,5-6,11,14-20H2,(H,33,35). The lowest BCUT2D eigenvalue weighted by Crippen LogP contribution is -2.43. The highest BCUT2D eigenvalue weighted by Gasteiger charge is 2.50. The molecule has 9 nitrogen and oxygen atoms in total. The van der Waals surface area contributed by atoms with E-state index < -0.39 is 32.9 Å². The number of ether oxygens (including phenoxy) is 2. The second-order valence-corrected chi connectivity index (χ2v) is 16.0. The van der Waals surface area contributed by atoms with Crippen molar-refractivity contribution in [1.82, 2.24) is 10.4 Å². The molecule has 2 saturated heterocycles. The van der Waals surface area contributed by atoms with Crippen molar-refractivity contribution in [2.24, 2.45) is 0 Å². The third-order valence-corrected chi connectivity index (χ3v) is 13.0. The number of hydrogen-bond donors (Lipinski definition) is 1. The molecule has 1 N–H and O–H groups in total. The zero-order chi connectivity index (χ0) is 30.0. The van der Waals surface area contributed by atoms with Crippen LogP contribution in [0.2, 0.25) is 0 Å². The fourth-order valence-corrected chi connectivity index (χ4v) is 10.2. The maximum Gasteiger partial charge on any atom is 0.409 e. The molecule has 0 saturated carbocycles. The molecule has 1 aromatic heterocycles. The van der Waals surface area contributed by atoms with Gasteiger partial charge in [-0.3, -0.25) is 4.79 Å². The summed E-state index contributed by atoms with van der Waals surface area (Å²) in [4.78, 5) is 34.0. The van der Waals surface area contributed by atoms with Gasteiger partial charge in [0.15, 0.2) is 16.1 Å². The molecule has 2 aromatic carbocycles. The Labute approximate surface area is 263 Å². The molecule has 0 spiro atoms. The maximum absolute atomic E-state index is 14.0. The summed E-state index contributed by atoms with van der Waals surface area (Å²) in [5.41, 5.74) is 6.88. The Kier molecular flexibility index (Phi) is 8.93. The van der Waals surface area contributed by atoms with Crippen molar-refractivity contribution in [2.45, 2.75) is 49.1 Å². The molecule has 2 aliphatic heterocycles. The molecule has 2 amide bonds. The molecule has 228 valence electrons. The van der Waals surface area contributed by atoms with Crippen molar-refractivity contribution in [2.75, 3.05) is 32.1 Å². The van der Waals surface area contributed by atoms with Gasteiger partial charge < -0.3 is 14.4 Å². The van der Waals surface area contributed by atoms with Crippen molar-refractivity contribution in [3.05, 3.63) is 80.5 Å². The molecule has 0 radical (unpaired) electrons. The number of hydrogen-bond acceptors (Lipinski definition) is 8. The first-order chi connectivity index (χ1) is 20.8. The highest BCUT2D eigenvalue weighted by Crippen LogP contribution is 2.46. The summed E-state index contributed by atoms with van der Waals surface area (Å²) in [6.07, 6.45) is 1.09. The van der Waals surface area contributed by atoms with E-state index in [1.807, 2.05) is 24.3 Å². The van der Waals surface area contributed by atoms with Gasteiger partial charge in [0.1, 0.15) is 11.4 Å². The number of nitrogens with one attached hydrogen (secondary N) is 1. The Morgan fingerprint density at radius 1 is 1.02 bits per heavy atom. The fraction of sp³-hybridized carbons (Fsp3) is 0.419. The summed E-state index contributed by atoms with van der Waals surface area (Å²) in [5, 5.41) is 0. The van der Waals surface area contributed by atoms with Crippen LogP contribution in [-0.4, -0.2) is 63.7 Å². The molecule has 3 heterocycles. The first kappa shape index (κ1) is 30.3. The molecule has 3 aliphatic rings. The third kappa shape index (κ3) is 6.12. The summed E-state index contributed by atoms with van der Waals surface area (Å²) in [6, 6.07) is 19.7. The topological polar surface area (TPSA) is 111 Å². The summed E-state index contributed by atoms with van der Waals surface area (Å²) in [7, 11) is -3.88. The van der Waals surface area contributed by atoms with Crippen molar-refractivity contribution in [3.8, 4) is 11.1 Å². The van der Waals surface area contributed by atoms with E-state index >= 15 is 0 Å². The van der Waals surface area contributed by atoms with Gasteiger partial charge in [-0.05, 0) is 69.6 Å². The minimum Gasteiger partial charge on any atom is -0.448 e. The second-order valence-electron chi connectivity index (χ2n) is 11.1. The van der Waals surface area contributed by atoms with Gasteiger partial charge in [0.05, 0.1) is 16.0 Å². The SMILES string of the molecule is O=C(CC1(c2ccc(Br)s2)CCN(C(=O)OCC2c3ccccc3-c3ccccc32)CCS1(=O)=O)NOC1CCCCO1. The Morgan fingerprint density at radius 3 is 2.40 bits per heavy atom. The average Bonchev–Trinajstić information content (AvgIpc) is 3.56. The molecule has 2 fully saturated rings. The van der Waals surface area contributed by atoms with Crippen LogP contribution in [0.5, 0.6) is 0 Å². The molecular weight excluding hydrogens is 656 g/mol. The number of halogens is 1. The van der Waals surface area contributed by atoms with E-state index in [0.29, 0.717) is 17.9 Å². The molecule has 2 unspecified atom stereocenters. The Morgan fingerprint density at radius 2 is 1.74 bits per heavy atom. The Balaban J connectivity index is 1.17. The van der Waals surface area contributed by atoms with E-state index in [9.17, 15) is 18.0 Å². The Hall–Kier alpha value is -2.77. The molecule has 12 heteroatoms. The van der Waals surface area contributed by atoms with Gasteiger partial charge in [-0.2, -0.15) is 0 Å². The van der Waals surface area contributed by atoms with Gasteiger partial charge in [-0.1, -0.05) is 48.5 Å². The van der Waals surface area contributed by atoms with Crippen LogP contribution in [0.15, 0.2) is 64.5 Å². The first-order valence-electron chi connectivity index (χ1n) is 14.4. The van der Waals surface area contributed by atoms with E-state index in [1.165, 1.54) is 16.2 Å². The van der Waals surface area contributed by atoms with Crippen molar-refractivity contribution in [3.63, 3.8) is 0 Å². The predicted molar refractivity (Wildman–Crippen MR) is 166 cm³/mol. The molecule has 0 bridgehead atoms. The zero-order valence-corrected chi connectivity index (χ0v) is 26.7. The zero-order valence-electron chi connectivity index (χ0n) is 23.5. The number of nitrogens with zero attached hydrogens (tertiary/aromatic N) is 1. The summed E-state index contributed by atoms with van der Waals surface area (Å²) < 4.78 is 38.5. The van der Waals surface area contributed by atoms with Crippen LogP contribution in [0.3, 0.4) is 0 Å². The smallest absolute Gasteiger partial charge is 0.409 e. The number of rotatable bonds is 7. The summed E-state index contributed by atoms with van der Waals surface area (Å²) in [5.74, 6) is -0.963. The summed E-state index contributed by atoms with van der Waals surface area (Å²) >= 11 is 4.71. The third-order valence-electron chi connectivity index (χ3n) is 8.52. The van der Waals surface area contributed by atoms with E-state index in [-0.39, 0.29) is 44.2 Å². The number of benzene rings is 2. The van der Waals surface area contributed by atoms with E-state index in [0.717, 1.165) is 38.9 Å². The van der Waals surface area contributed by atoms with Crippen LogP contribution >= 0.6 is 27.3 Å². The number of amides is 2. The largest absolute Gasteiger partial charge is 0.448 e.